The summed E-state index contributed by atoms with van der Waals surface area (Å²) in [7, 11) is 0. The first kappa shape index (κ1) is 16.7. The van der Waals surface area contributed by atoms with Gasteiger partial charge in [-0.1, -0.05) is 15.9 Å². The van der Waals surface area contributed by atoms with Crippen LogP contribution in [-0.2, 0) is 9.59 Å². The first-order chi connectivity index (χ1) is 10.4. The predicted molar refractivity (Wildman–Crippen MR) is 81.1 cm³/mol. The second kappa shape index (κ2) is 7.09. The Balaban J connectivity index is 1.98. The lowest BCUT2D eigenvalue weighted by atomic mass is 9.90. The molecule has 0 spiro atoms. The molecule has 1 aromatic rings. The third-order valence-corrected chi connectivity index (χ3v) is 4.36. The highest BCUT2D eigenvalue weighted by Crippen LogP contribution is 2.25. The number of rotatable bonds is 4. The van der Waals surface area contributed by atoms with Gasteiger partial charge in [0.05, 0.1) is 5.92 Å². The van der Waals surface area contributed by atoms with Crippen LogP contribution in [0.3, 0.4) is 0 Å². The van der Waals surface area contributed by atoms with E-state index >= 15 is 0 Å². The molecule has 1 saturated heterocycles. The van der Waals surface area contributed by atoms with Crippen molar-refractivity contribution in [2.24, 2.45) is 5.92 Å². The van der Waals surface area contributed by atoms with E-state index in [9.17, 15) is 14.0 Å². The number of carboxylic acid groups (broad SMARTS) is 1. The zero-order valence-corrected chi connectivity index (χ0v) is 13.7. The standard InChI is InChI=1S/C15H17BrFNO4/c1-9-11(15(20)21)3-2-6-18(9)14(19)8-22-13-5-4-10(16)7-12(13)17/h4-5,7,9,11H,2-3,6,8H2,1H3,(H,20,21)/t9-,11-/m1/s1. The summed E-state index contributed by atoms with van der Waals surface area (Å²) >= 11 is 3.14. The molecule has 1 aliphatic heterocycles. The van der Waals surface area contributed by atoms with Crippen LogP contribution in [0, 0.1) is 11.7 Å². The van der Waals surface area contributed by atoms with E-state index in [2.05, 4.69) is 15.9 Å². The average molecular weight is 374 g/mol. The number of carbonyl (C=O) groups is 2. The molecule has 5 nitrogen and oxygen atoms in total. The number of aliphatic carboxylic acids is 1. The summed E-state index contributed by atoms with van der Waals surface area (Å²) in [5.74, 6) is -2.36. The maximum atomic E-state index is 13.6. The van der Waals surface area contributed by atoms with E-state index < -0.39 is 23.7 Å². The van der Waals surface area contributed by atoms with E-state index in [1.807, 2.05) is 0 Å². The molecule has 2 atom stereocenters. The highest BCUT2D eigenvalue weighted by molar-refractivity contribution is 9.10. The lowest BCUT2D eigenvalue weighted by molar-refractivity contribution is -0.149. The number of halogens is 2. The number of hydrogen-bond donors (Lipinski definition) is 1. The lowest BCUT2D eigenvalue weighted by Gasteiger charge is -2.37. The minimum atomic E-state index is -0.898. The highest BCUT2D eigenvalue weighted by atomic mass is 79.9. The SMILES string of the molecule is C[C@@H]1[C@H](C(=O)O)CCCN1C(=O)COc1ccc(Br)cc1F. The van der Waals surface area contributed by atoms with Gasteiger partial charge in [0.1, 0.15) is 0 Å². The van der Waals surface area contributed by atoms with Crippen molar-refractivity contribution in [1.29, 1.82) is 0 Å². The van der Waals surface area contributed by atoms with Gasteiger partial charge in [-0.05, 0) is 38.0 Å². The normalized spacial score (nSPS) is 21.5. The van der Waals surface area contributed by atoms with Crippen molar-refractivity contribution in [3.8, 4) is 5.75 Å². The number of piperidine rings is 1. The summed E-state index contributed by atoms with van der Waals surface area (Å²) in [5, 5.41) is 9.16. The molecule has 0 bridgehead atoms. The van der Waals surface area contributed by atoms with Crippen LogP contribution in [0.15, 0.2) is 22.7 Å². The van der Waals surface area contributed by atoms with Crippen LogP contribution < -0.4 is 4.74 Å². The Morgan fingerprint density at radius 3 is 2.86 bits per heavy atom. The summed E-state index contributed by atoms with van der Waals surface area (Å²) in [5.41, 5.74) is 0. The Morgan fingerprint density at radius 2 is 2.23 bits per heavy atom. The zero-order valence-electron chi connectivity index (χ0n) is 12.1. The molecule has 1 amide bonds. The van der Waals surface area contributed by atoms with Crippen molar-refractivity contribution >= 4 is 27.8 Å². The topological polar surface area (TPSA) is 66.8 Å². The van der Waals surface area contributed by atoms with Crippen molar-refractivity contribution in [2.45, 2.75) is 25.8 Å². The number of hydrogen-bond acceptors (Lipinski definition) is 3. The first-order valence-electron chi connectivity index (χ1n) is 7.00. The Labute approximate surface area is 136 Å². The second-order valence-electron chi connectivity index (χ2n) is 5.28. The van der Waals surface area contributed by atoms with Gasteiger partial charge in [-0.25, -0.2) is 4.39 Å². The summed E-state index contributed by atoms with van der Waals surface area (Å²) < 4.78 is 19.4. The van der Waals surface area contributed by atoms with Crippen LogP contribution >= 0.6 is 15.9 Å². The molecule has 1 aromatic carbocycles. The van der Waals surface area contributed by atoms with Crippen molar-refractivity contribution in [3.05, 3.63) is 28.5 Å². The summed E-state index contributed by atoms with van der Waals surface area (Å²) in [6, 6.07) is 3.92. The molecule has 120 valence electrons. The molecule has 1 heterocycles. The molecule has 0 saturated carbocycles. The number of benzene rings is 1. The third-order valence-electron chi connectivity index (χ3n) is 3.87. The van der Waals surface area contributed by atoms with Crippen LogP contribution in [0.2, 0.25) is 0 Å². The van der Waals surface area contributed by atoms with Gasteiger partial charge in [0.2, 0.25) is 0 Å². The fourth-order valence-electron chi connectivity index (χ4n) is 2.64. The Kier molecular flexibility index (Phi) is 5.39. The Bertz CT molecular complexity index is 581. The number of nitrogens with zero attached hydrogens (tertiary/aromatic N) is 1. The number of ether oxygens (including phenoxy) is 1. The third kappa shape index (κ3) is 3.76. The van der Waals surface area contributed by atoms with E-state index in [0.717, 1.165) is 0 Å². The van der Waals surface area contributed by atoms with Crippen LogP contribution in [0.1, 0.15) is 19.8 Å². The molecule has 7 heteroatoms. The van der Waals surface area contributed by atoms with E-state index in [0.29, 0.717) is 23.9 Å². The number of likely N-dealkylation sites (tertiary alicyclic amines) is 1. The molecular formula is C15H17BrFNO4. The van der Waals surface area contributed by atoms with Crippen molar-refractivity contribution in [3.63, 3.8) is 0 Å². The van der Waals surface area contributed by atoms with Gasteiger partial charge in [0.25, 0.3) is 5.91 Å². The van der Waals surface area contributed by atoms with Crippen LogP contribution in [-0.4, -0.2) is 41.1 Å². The van der Waals surface area contributed by atoms with E-state index in [1.54, 1.807) is 13.0 Å². The Morgan fingerprint density at radius 1 is 1.50 bits per heavy atom. The van der Waals surface area contributed by atoms with Gasteiger partial charge < -0.3 is 14.7 Å². The molecule has 0 aromatic heterocycles. The van der Waals surface area contributed by atoms with Crippen molar-refractivity contribution in [2.75, 3.05) is 13.2 Å². The summed E-state index contributed by atoms with van der Waals surface area (Å²) in [6.07, 6.45) is 1.20. The van der Waals surface area contributed by atoms with Gasteiger partial charge in [0, 0.05) is 17.1 Å². The molecule has 1 fully saturated rings. The largest absolute Gasteiger partial charge is 0.481 e. The summed E-state index contributed by atoms with van der Waals surface area (Å²) in [4.78, 5) is 24.9. The molecule has 2 rings (SSSR count). The maximum absolute atomic E-state index is 13.6. The maximum Gasteiger partial charge on any atom is 0.308 e. The van der Waals surface area contributed by atoms with Crippen LogP contribution in [0.25, 0.3) is 0 Å². The second-order valence-corrected chi connectivity index (χ2v) is 6.19. The van der Waals surface area contributed by atoms with Gasteiger partial charge in [0.15, 0.2) is 18.2 Å². The Hall–Kier alpha value is -1.63. The van der Waals surface area contributed by atoms with E-state index in [4.69, 9.17) is 9.84 Å². The number of amides is 1. The van der Waals surface area contributed by atoms with E-state index in [-0.39, 0.29) is 18.3 Å². The van der Waals surface area contributed by atoms with Crippen LogP contribution in [0.4, 0.5) is 4.39 Å². The quantitative estimate of drug-likeness (QED) is 0.880. The van der Waals surface area contributed by atoms with Crippen LogP contribution in [0.5, 0.6) is 5.75 Å². The zero-order chi connectivity index (χ0) is 16.3. The van der Waals surface area contributed by atoms with Gasteiger partial charge in [-0.2, -0.15) is 0 Å². The van der Waals surface area contributed by atoms with Crippen molar-refractivity contribution < 1.29 is 23.8 Å². The number of carbonyl (C=O) groups excluding carboxylic acids is 1. The fraction of sp³-hybridized carbons (Fsp3) is 0.467. The smallest absolute Gasteiger partial charge is 0.308 e. The molecule has 1 aliphatic rings. The number of carboxylic acids is 1. The molecule has 0 radical (unpaired) electrons. The van der Waals surface area contributed by atoms with Crippen molar-refractivity contribution in [1.82, 2.24) is 4.90 Å². The van der Waals surface area contributed by atoms with Gasteiger partial charge in [-0.15, -0.1) is 0 Å². The molecule has 0 aliphatic carbocycles. The van der Waals surface area contributed by atoms with Gasteiger partial charge in [-0.3, -0.25) is 9.59 Å². The molecule has 22 heavy (non-hydrogen) atoms. The summed E-state index contributed by atoms with van der Waals surface area (Å²) in [6.45, 7) is 1.90. The minimum Gasteiger partial charge on any atom is -0.481 e. The molecule has 0 unspecified atom stereocenters. The minimum absolute atomic E-state index is 0.00371. The van der Waals surface area contributed by atoms with Gasteiger partial charge >= 0.3 is 5.97 Å². The molecule has 1 N–H and O–H groups in total. The first-order valence-corrected chi connectivity index (χ1v) is 7.79. The lowest BCUT2D eigenvalue weighted by Crippen LogP contribution is -2.50. The predicted octanol–water partition coefficient (Wildman–Crippen LogP) is 2.68. The fourth-order valence-corrected chi connectivity index (χ4v) is 2.97. The van der Waals surface area contributed by atoms with E-state index in [1.165, 1.54) is 17.0 Å². The highest BCUT2D eigenvalue weighted by Gasteiger charge is 2.35. The molecular weight excluding hydrogens is 357 g/mol. The monoisotopic (exact) mass is 373 g/mol. The average Bonchev–Trinajstić information content (AvgIpc) is 2.46.